The van der Waals surface area contributed by atoms with Crippen LogP contribution in [0.3, 0.4) is 0 Å². The van der Waals surface area contributed by atoms with Crippen molar-refractivity contribution in [3.8, 4) is 5.75 Å². The highest BCUT2D eigenvalue weighted by molar-refractivity contribution is 5.90. The molecule has 0 aliphatic heterocycles. The molecule has 0 radical (unpaired) electrons. The fourth-order valence-corrected chi connectivity index (χ4v) is 3.10. The van der Waals surface area contributed by atoms with Crippen LogP contribution in [-0.2, 0) is 18.2 Å². The number of fused-ring (bicyclic) bond motifs is 1. The second-order valence-electron chi connectivity index (χ2n) is 6.21. The molecule has 0 atom stereocenters. The van der Waals surface area contributed by atoms with E-state index in [2.05, 4.69) is 0 Å². The molecule has 3 aromatic rings. The van der Waals surface area contributed by atoms with Crippen LogP contribution in [0.15, 0.2) is 47.3 Å². The lowest BCUT2D eigenvalue weighted by atomic mass is 10.0. The molecule has 0 aliphatic carbocycles. The van der Waals surface area contributed by atoms with E-state index < -0.39 is 10.9 Å². The third-order valence-electron chi connectivity index (χ3n) is 4.63. The molecule has 1 heterocycles. The first-order valence-corrected chi connectivity index (χ1v) is 8.38. The number of esters is 1. The van der Waals surface area contributed by atoms with Crippen molar-refractivity contribution in [2.24, 2.45) is 7.05 Å². The SMILES string of the molecule is COC(=O)c1ccc(Cc2cc(=O)c3ccc([N+](=O)[O-])cc3n2C)c(OC)c1. The van der Waals surface area contributed by atoms with Gasteiger partial charge in [0.1, 0.15) is 5.75 Å². The average molecular weight is 382 g/mol. The van der Waals surface area contributed by atoms with Crippen molar-refractivity contribution in [1.82, 2.24) is 4.57 Å². The highest BCUT2D eigenvalue weighted by Crippen LogP contribution is 2.25. The van der Waals surface area contributed by atoms with Crippen molar-refractivity contribution in [3.63, 3.8) is 0 Å². The van der Waals surface area contributed by atoms with Crippen LogP contribution >= 0.6 is 0 Å². The first-order chi connectivity index (χ1) is 13.3. The van der Waals surface area contributed by atoms with Crippen molar-refractivity contribution in [2.75, 3.05) is 14.2 Å². The van der Waals surface area contributed by atoms with Crippen molar-refractivity contribution in [2.45, 2.75) is 6.42 Å². The smallest absolute Gasteiger partial charge is 0.337 e. The van der Waals surface area contributed by atoms with E-state index in [1.165, 1.54) is 38.5 Å². The van der Waals surface area contributed by atoms with Crippen LogP contribution in [0.1, 0.15) is 21.6 Å². The Balaban J connectivity index is 2.10. The lowest BCUT2D eigenvalue weighted by Crippen LogP contribution is -2.13. The number of aryl methyl sites for hydroxylation is 1. The normalized spacial score (nSPS) is 10.7. The molecule has 0 spiro atoms. The van der Waals surface area contributed by atoms with E-state index in [1.54, 1.807) is 29.8 Å². The second-order valence-corrected chi connectivity index (χ2v) is 6.21. The summed E-state index contributed by atoms with van der Waals surface area (Å²) in [6.45, 7) is 0. The summed E-state index contributed by atoms with van der Waals surface area (Å²) in [4.78, 5) is 34.8. The second kappa shape index (κ2) is 7.51. The fourth-order valence-electron chi connectivity index (χ4n) is 3.10. The van der Waals surface area contributed by atoms with E-state index in [0.717, 1.165) is 5.56 Å². The van der Waals surface area contributed by atoms with E-state index >= 15 is 0 Å². The number of nitrogens with zero attached hydrogens (tertiary/aromatic N) is 2. The van der Waals surface area contributed by atoms with Crippen LogP contribution in [0.2, 0.25) is 0 Å². The molecule has 3 rings (SSSR count). The number of ether oxygens (including phenoxy) is 2. The average Bonchev–Trinajstić information content (AvgIpc) is 2.70. The van der Waals surface area contributed by atoms with Gasteiger partial charge in [0.05, 0.1) is 30.2 Å². The topological polar surface area (TPSA) is 101 Å². The predicted octanol–water partition coefficient (Wildman–Crippen LogP) is 2.83. The number of carbonyl (C=O) groups is 1. The minimum absolute atomic E-state index is 0.0836. The number of rotatable bonds is 5. The van der Waals surface area contributed by atoms with Crippen molar-refractivity contribution < 1.29 is 19.2 Å². The number of methoxy groups -OCH3 is 2. The number of hydrogen-bond acceptors (Lipinski definition) is 6. The molecule has 0 unspecified atom stereocenters. The van der Waals surface area contributed by atoms with Gasteiger partial charge in [-0.2, -0.15) is 0 Å². The Morgan fingerprint density at radius 2 is 1.89 bits per heavy atom. The summed E-state index contributed by atoms with van der Waals surface area (Å²) < 4.78 is 11.8. The molecule has 8 nitrogen and oxygen atoms in total. The fraction of sp³-hybridized carbons (Fsp3) is 0.200. The summed E-state index contributed by atoms with van der Waals surface area (Å²) >= 11 is 0. The highest BCUT2D eigenvalue weighted by Gasteiger charge is 2.15. The third kappa shape index (κ3) is 3.44. The number of nitro benzene ring substituents is 1. The Labute approximate surface area is 160 Å². The molecular formula is C20H18N2O6. The van der Waals surface area contributed by atoms with Crippen LogP contribution in [0.5, 0.6) is 5.75 Å². The van der Waals surface area contributed by atoms with Crippen molar-refractivity contribution >= 4 is 22.6 Å². The Kier molecular flexibility index (Phi) is 5.12. The molecule has 0 N–H and O–H groups in total. The molecule has 0 amide bonds. The van der Waals surface area contributed by atoms with E-state index in [4.69, 9.17) is 9.47 Å². The van der Waals surface area contributed by atoms with Gasteiger partial charge in [-0.05, 0) is 18.2 Å². The number of carbonyl (C=O) groups excluding carboxylic acids is 1. The quantitative estimate of drug-likeness (QED) is 0.382. The largest absolute Gasteiger partial charge is 0.496 e. The lowest BCUT2D eigenvalue weighted by Gasteiger charge is -2.15. The number of nitro groups is 1. The maximum absolute atomic E-state index is 12.5. The molecule has 0 saturated heterocycles. The maximum Gasteiger partial charge on any atom is 0.337 e. The Hall–Kier alpha value is -3.68. The van der Waals surface area contributed by atoms with Gasteiger partial charge in [0, 0.05) is 48.3 Å². The maximum atomic E-state index is 12.5. The van der Waals surface area contributed by atoms with Crippen molar-refractivity contribution in [3.05, 3.63) is 79.6 Å². The molecule has 2 aromatic carbocycles. The molecular weight excluding hydrogens is 364 g/mol. The minimum Gasteiger partial charge on any atom is -0.496 e. The van der Waals surface area contributed by atoms with Crippen LogP contribution in [0.4, 0.5) is 5.69 Å². The summed E-state index contributed by atoms with van der Waals surface area (Å²) in [5, 5.41) is 11.5. The summed E-state index contributed by atoms with van der Waals surface area (Å²) in [5.41, 5.74) is 1.94. The van der Waals surface area contributed by atoms with E-state index in [0.29, 0.717) is 34.3 Å². The molecule has 0 aliphatic rings. The molecule has 8 heteroatoms. The van der Waals surface area contributed by atoms with Crippen LogP contribution in [-0.4, -0.2) is 29.7 Å². The van der Waals surface area contributed by atoms with E-state index in [9.17, 15) is 19.7 Å². The monoisotopic (exact) mass is 382 g/mol. The van der Waals surface area contributed by atoms with Gasteiger partial charge in [0.2, 0.25) is 0 Å². The zero-order valence-corrected chi connectivity index (χ0v) is 15.6. The molecule has 144 valence electrons. The highest BCUT2D eigenvalue weighted by atomic mass is 16.6. The molecule has 0 fully saturated rings. The lowest BCUT2D eigenvalue weighted by molar-refractivity contribution is -0.384. The van der Waals surface area contributed by atoms with Gasteiger partial charge in [-0.3, -0.25) is 14.9 Å². The van der Waals surface area contributed by atoms with Gasteiger partial charge in [0.15, 0.2) is 5.43 Å². The van der Waals surface area contributed by atoms with Gasteiger partial charge in [0.25, 0.3) is 5.69 Å². The van der Waals surface area contributed by atoms with E-state index in [1.807, 2.05) is 0 Å². The first kappa shape index (κ1) is 19.1. The molecule has 1 aromatic heterocycles. The summed E-state index contributed by atoms with van der Waals surface area (Å²) in [6.07, 6.45) is 0.342. The Morgan fingerprint density at radius 1 is 1.14 bits per heavy atom. The summed E-state index contributed by atoms with van der Waals surface area (Å²) in [5.74, 6) is 0.00440. The minimum atomic E-state index is -0.495. The number of hydrogen-bond donors (Lipinski definition) is 0. The van der Waals surface area contributed by atoms with Gasteiger partial charge in [-0.15, -0.1) is 0 Å². The van der Waals surface area contributed by atoms with Crippen LogP contribution < -0.4 is 10.2 Å². The number of pyridine rings is 1. The molecule has 0 saturated carbocycles. The van der Waals surface area contributed by atoms with Gasteiger partial charge in [-0.25, -0.2) is 4.79 Å². The summed E-state index contributed by atoms with van der Waals surface area (Å²) in [7, 11) is 4.53. The Bertz CT molecular complexity index is 1150. The zero-order valence-electron chi connectivity index (χ0n) is 15.6. The van der Waals surface area contributed by atoms with Crippen LogP contribution in [0, 0.1) is 10.1 Å². The predicted molar refractivity (Wildman–Crippen MR) is 103 cm³/mol. The standard InChI is InChI=1S/C20H18N2O6/c1-21-15(8-12-4-5-13(20(24)28-3)9-19(12)27-2)11-18(23)16-7-6-14(22(25)26)10-17(16)21/h4-7,9-11H,8H2,1-3H3. The summed E-state index contributed by atoms with van der Waals surface area (Å²) in [6, 6.07) is 10.6. The van der Waals surface area contributed by atoms with E-state index in [-0.39, 0.29) is 11.1 Å². The van der Waals surface area contributed by atoms with Gasteiger partial charge < -0.3 is 14.0 Å². The van der Waals surface area contributed by atoms with Gasteiger partial charge >= 0.3 is 5.97 Å². The van der Waals surface area contributed by atoms with Crippen molar-refractivity contribution in [1.29, 1.82) is 0 Å². The van der Waals surface area contributed by atoms with Gasteiger partial charge in [-0.1, -0.05) is 6.07 Å². The number of benzene rings is 2. The first-order valence-electron chi connectivity index (χ1n) is 8.38. The number of aromatic nitrogens is 1. The Morgan fingerprint density at radius 3 is 2.54 bits per heavy atom. The van der Waals surface area contributed by atoms with Crippen LogP contribution in [0.25, 0.3) is 10.9 Å². The molecule has 28 heavy (non-hydrogen) atoms. The third-order valence-corrected chi connectivity index (χ3v) is 4.63. The number of non-ortho nitro benzene ring substituents is 1. The molecule has 0 bridgehead atoms. The zero-order chi connectivity index (χ0) is 20.4.